The molecule has 1 heterocycles. The van der Waals surface area contributed by atoms with Crippen molar-refractivity contribution in [3.05, 3.63) is 28.0 Å². The van der Waals surface area contributed by atoms with Crippen molar-refractivity contribution in [1.82, 2.24) is 4.98 Å². The first kappa shape index (κ1) is 8.50. The molecule has 2 nitrogen and oxygen atoms in total. The van der Waals surface area contributed by atoms with E-state index >= 15 is 0 Å². The summed E-state index contributed by atoms with van der Waals surface area (Å²) in [6, 6.07) is 1.45. The number of ketones is 1. The largest absolute Gasteiger partial charge is 0.294 e. The van der Waals surface area contributed by atoms with Gasteiger partial charge in [0.2, 0.25) is 0 Å². The van der Waals surface area contributed by atoms with Crippen LogP contribution < -0.4 is 0 Å². The summed E-state index contributed by atoms with van der Waals surface area (Å²) >= 11 is 11.2. The molecule has 1 aromatic rings. The summed E-state index contributed by atoms with van der Waals surface area (Å²) in [4.78, 5) is 14.6. The zero-order valence-corrected chi connectivity index (χ0v) is 7.28. The predicted molar refractivity (Wildman–Crippen MR) is 44.3 cm³/mol. The average molecular weight is 190 g/mol. The first-order valence-electron chi connectivity index (χ1n) is 2.93. The lowest BCUT2D eigenvalue weighted by atomic mass is 10.2. The second-order valence-corrected chi connectivity index (χ2v) is 2.84. The molecule has 11 heavy (non-hydrogen) atoms. The van der Waals surface area contributed by atoms with E-state index in [0.29, 0.717) is 10.6 Å². The van der Waals surface area contributed by atoms with Crippen LogP contribution in [0.25, 0.3) is 0 Å². The molecule has 0 saturated heterocycles. The number of hydrogen-bond donors (Lipinski definition) is 0. The van der Waals surface area contributed by atoms with E-state index in [1.807, 2.05) is 0 Å². The van der Waals surface area contributed by atoms with Crippen LogP contribution in [0.15, 0.2) is 12.3 Å². The topological polar surface area (TPSA) is 30.0 Å². The highest BCUT2D eigenvalue weighted by Crippen LogP contribution is 2.17. The van der Waals surface area contributed by atoms with Crippen LogP contribution in [0.1, 0.15) is 17.3 Å². The van der Waals surface area contributed by atoms with Gasteiger partial charge in [-0.15, -0.1) is 0 Å². The molecule has 0 radical (unpaired) electrons. The smallest absolute Gasteiger partial charge is 0.161 e. The van der Waals surface area contributed by atoms with E-state index in [9.17, 15) is 4.79 Å². The van der Waals surface area contributed by atoms with Gasteiger partial charge < -0.3 is 0 Å². The standard InChI is InChI=1S/C7H5Cl2NO/c1-4(11)5-2-7(9)10-3-6(5)8/h2-3H,1H3. The van der Waals surface area contributed by atoms with Gasteiger partial charge in [0.25, 0.3) is 0 Å². The predicted octanol–water partition coefficient (Wildman–Crippen LogP) is 2.59. The van der Waals surface area contributed by atoms with E-state index < -0.39 is 0 Å². The highest BCUT2D eigenvalue weighted by atomic mass is 35.5. The first-order chi connectivity index (χ1) is 5.11. The number of carbonyl (C=O) groups excluding carboxylic acids is 1. The van der Waals surface area contributed by atoms with Crippen LogP contribution in [0.5, 0.6) is 0 Å². The Morgan fingerprint density at radius 3 is 2.64 bits per heavy atom. The number of Topliss-reactive ketones (excluding diaryl/α,β-unsaturated/α-hetero) is 1. The summed E-state index contributed by atoms with van der Waals surface area (Å²) < 4.78 is 0. The van der Waals surface area contributed by atoms with Gasteiger partial charge in [-0.1, -0.05) is 23.2 Å². The molecule has 1 rings (SSSR count). The maximum absolute atomic E-state index is 10.8. The fraction of sp³-hybridized carbons (Fsp3) is 0.143. The molecule has 0 bridgehead atoms. The van der Waals surface area contributed by atoms with Crippen LogP contribution in [0.4, 0.5) is 0 Å². The molecule has 0 amide bonds. The normalized spacial score (nSPS) is 9.73. The number of halogens is 2. The van der Waals surface area contributed by atoms with Crippen LogP contribution in [0.2, 0.25) is 10.2 Å². The number of nitrogens with zero attached hydrogens (tertiary/aromatic N) is 1. The highest BCUT2D eigenvalue weighted by molar-refractivity contribution is 6.35. The maximum Gasteiger partial charge on any atom is 0.161 e. The number of aromatic nitrogens is 1. The Bertz CT molecular complexity index is 298. The van der Waals surface area contributed by atoms with Gasteiger partial charge in [-0.3, -0.25) is 4.79 Å². The van der Waals surface area contributed by atoms with Crippen molar-refractivity contribution in [3.63, 3.8) is 0 Å². The van der Waals surface area contributed by atoms with Crippen molar-refractivity contribution in [3.8, 4) is 0 Å². The molecule has 0 spiro atoms. The van der Waals surface area contributed by atoms with Crippen molar-refractivity contribution in [1.29, 1.82) is 0 Å². The molecule has 58 valence electrons. The number of rotatable bonds is 1. The van der Waals surface area contributed by atoms with Crippen LogP contribution in [0, 0.1) is 0 Å². The summed E-state index contributed by atoms with van der Waals surface area (Å²) in [5, 5.41) is 0.613. The van der Waals surface area contributed by atoms with Crippen molar-refractivity contribution >= 4 is 29.0 Å². The Morgan fingerprint density at radius 1 is 1.55 bits per heavy atom. The summed E-state index contributed by atoms with van der Waals surface area (Å²) in [6.45, 7) is 1.43. The Balaban J connectivity index is 3.23. The second-order valence-electron chi connectivity index (χ2n) is 2.04. The minimum absolute atomic E-state index is 0.112. The fourth-order valence-corrected chi connectivity index (χ4v) is 1.08. The van der Waals surface area contributed by atoms with E-state index in [1.54, 1.807) is 0 Å². The molecule has 0 saturated carbocycles. The lowest BCUT2D eigenvalue weighted by molar-refractivity contribution is 0.101. The average Bonchev–Trinajstić information content (AvgIpc) is 1.94. The fourth-order valence-electron chi connectivity index (χ4n) is 0.683. The highest BCUT2D eigenvalue weighted by Gasteiger charge is 2.05. The van der Waals surface area contributed by atoms with Crippen molar-refractivity contribution in [2.24, 2.45) is 0 Å². The van der Waals surface area contributed by atoms with E-state index in [2.05, 4.69) is 4.98 Å². The molecule has 0 aliphatic carbocycles. The SMILES string of the molecule is CC(=O)c1cc(Cl)ncc1Cl. The summed E-state index contributed by atoms with van der Waals surface area (Å²) in [6.07, 6.45) is 1.36. The molecule has 0 atom stereocenters. The van der Waals surface area contributed by atoms with Crippen LogP contribution in [-0.2, 0) is 0 Å². The van der Waals surface area contributed by atoms with Gasteiger partial charge >= 0.3 is 0 Å². The first-order valence-corrected chi connectivity index (χ1v) is 3.69. The van der Waals surface area contributed by atoms with E-state index in [-0.39, 0.29) is 10.9 Å². The zero-order valence-electron chi connectivity index (χ0n) is 5.77. The molecule has 0 unspecified atom stereocenters. The number of carbonyl (C=O) groups is 1. The van der Waals surface area contributed by atoms with Crippen LogP contribution in [-0.4, -0.2) is 10.8 Å². The lowest BCUT2D eigenvalue weighted by Gasteiger charge is -1.97. The number of pyridine rings is 1. The van der Waals surface area contributed by atoms with Gasteiger partial charge in [0.15, 0.2) is 5.78 Å². The van der Waals surface area contributed by atoms with Gasteiger partial charge in [-0.05, 0) is 13.0 Å². The summed E-state index contributed by atoms with van der Waals surface area (Å²) in [5.74, 6) is -0.112. The molecule has 0 aliphatic heterocycles. The molecule has 4 heteroatoms. The molecule has 0 fully saturated rings. The van der Waals surface area contributed by atoms with Gasteiger partial charge in [-0.2, -0.15) is 0 Å². The Labute approximate surface area is 74.1 Å². The molecule has 1 aromatic heterocycles. The Hall–Kier alpha value is -0.600. The minimum Gasteiger partial charge on any atom is -0.294 e. The van der Waals surface area contributed by atoms with Gasteiger partial charge in [-0.25, -0.2) is 4.98 Å². The molecular weight excluding hydrogens is 185 g/mol. The van der Waals surface area contributed by atoms with Gasteiger partial charge in [0.05, 0.1) is 5.02 Å². The van der Waals surface area contributed by atoms with Crippen molar-refractivity contribution in [2.45, 2.75) is 6.92 Å². The minimum atomic E-state index is -0.112. The molecular formula is C7H5Cl2NO. The third-order valence-electron chi connectivity index (χ3n) is 1.20. The van der Waals surface area contributed by atoms with E-state index in [4.69, 9.17) is 23.2 Å². The van der Waals surface area contributed by atoms with Gasteiger partial charge in [0, 0.05) is 11.8 Å². The Kier molecular flexibility index (Phi) is 2.47. The maximum atomic E-state index is 10.8. The van der Waals surface area contributed by atoms with Gasteiger partial charge in [0.1, 0.15) is 5.15 Å². The summed E-state index contributed by atoms with van der Waals surface area (Å²) in [5.41, 5.74) is 0.409. The molecule has 0 N–H and O–H groups in total. The zero-order chi connectivity index (χ0) is 8.43. The summed E-state index contributed by atoms with van der Waals surface area (Å²) in [7, 11) is 0. The molecule has 0 aliphatic rings. The quantitative estimate of drug-likeness (QED) is 0.503. The number of hydrogen-bond acceptors (Lipinski definition) is 2. The monoisotopic (exact) mass is 189 g/mol. The van der Waals surface area contributed by atoms with Crippen molar-refractivity contribution < 1.29 is 4.79 Å². The van der Waals surface area contributed by atoms with Crippen molar-refractivity contribution in [2.75, 3.05) is 0 Å². The van der Waals surface area contributed by atoms with E-state index in [0.717, 1.165) is 0 Å². The van der Waals surface area contributed by atoms with E-state index in [1.165, 1.54) is 19.2 Å². The van der Waals surface area contributed by atoms with Crippen LogP contribution >= 0.6 is 23.2 Å². The third kappa shape index (κ3) is 1.91. The third-order valence-corrected chi connectivity index (χ3v) is 1.71. The Morgan fingerprint density at radius 2 is 2.18 bits per heavy atom. The second kappa shape index (κ2) is 3.20. The molecule has 0 aromatic carbocycles. The lowest BCUT2D eigenvalue weighted by Crippen LogP contribution is -1.93. The van der Waals surface area contributed by atoms with Crippen LogP contribution in [0.3, 0.4) is 0 Å².